The van der Waals surface area contributed by atoms with Crippen LogP contribution in [0, 0.1) is 5.82 Å². The Morgan fingerprint density at radius 2 is 2.00 bits per heavy atom. The molecule has 0 fully saturated rings. The van der Waals surface area contributed by atoms with E-state index in [9.17, 15) is 14.0 Å². The molecular formula is C19H14ClFN2O2S. The van der Waals surface area contributed by atoms with Crippen molar-refractivity contribution in [1.29, 1.82) is 0 Å². The molecule has 0 radical (unpaired) electrons. The predicted molar refractivity (Wildman–Crippen MR) is 99.8 cm³/mol. The summed E-state index contributed by atoms with van der Waals surface area (Å²) in [5.74, 6) is -2.55. The molecule has 1 N–H and O–H groups in total. The molecule has 1 aromatic carbocycles. The average molecular weight is 389 g/mol. The maximum atomic E-state index is 14.3. The van der Waals surface area contributed by atoms with E-state index < -0.39 is 23.5 Å². The summed E-state index contributed by atoms with van der Waals surface area (Å²) in [5.41, 5.74) is 1.79. The third-order valence-electron chi connectivity index (χ3n) is 3.82. The Balaban J connectivity index is 1.74. The van der Waals surface area contributed by atoms with E-state index in [1.807, 2.05) is 16.8 Å². The molecule has 0 saturated carbocycles. The molecule has 4 nitrogen and oxygen atoms in total. The molecule has 26 heavy (non-hydrogen) atoms. The number of carbonyl (C=O) groups excluding carboxylic acids is 2. The Morgan fingerprint density at radius 3 is 2.62 bits per heavy atom. The monoisotopic (exact) mass is 388 g/mol. The Hall–Kier alpha value is -2.57. The zero-order valence-corrected chi connectivity index (χ0v) is 15.3. The van der Waals surface area contributed by atoms with Gasteiger partial charge in [0, 0.05) is 6.20 Å². The highest BCUT2D eigenvalue weighted by Crippen LogP contribution is 2.24. The zero-order valence-electron chi connectivity index (χ0n) is 13.7. The van der Waals surface area contributed by atoms with E-state index in [4.69, 9.17) is 11.6 Å². The number of ketones is 1. The largest absolute Gasteiger partial charge is 0.341 e. The fourth-order valence-corrected chi connectivity index (χ4v) is 3.19. The maximum absolute atomic E-state index is 14.3. The van der Waals surface area contributed by atoms with Crippen LogP contribution in [0.5, 0.6) is 0 Å². The predicted octanol–water partition coefficient (Wildman–Crippen LogP) is 4.66. The number of thiophene rings is 1. The number of hydrogen-bond acceptors (Lipinski definition) is 4. The number of nitrogens with one attached hydrogen (secondary N) is 1. The van der Waals surface area contributed by atoms with Crippen molar-refractivity contribution in [3.63, 3.8) is 0 Å². The number of Topliss-reactive ketones (excluding diaryl/α,β-unsaturated/α-hetero) is 1. The van der Waals surface area contributed by atoms with E-state index in [2.05, 4.69) is 10.3 Å². The van der Waals surface area contributed by atoms with E-state index in [0.29, 0.717) is 16.3 Å². The summed E-state index contributed by atoms with van der Waals surface area (Å²) in [4.78, 5) is 28.6. The molecule has 2 heterocycles. The van der Waals surface area contributed by atoms with Gasteiger partial charge in [0.15, 0.2) is 0 Å². The highest BCUT2D eigenvalue weighted by atomic mass is 35.5. The Morgan fingerprint density at radius 1 is 1.19 bits per heavy atom. The van der Waals surface area contributed by atoms with Crippen LogP contribution in [0.25, 0.3) is 11.1 Å². The number of halogens is 2. The van der Waals surface area contributed by atoms with E-state index >= 15 is 0 Å². The number of pyridine rings is 1. The van der Waals surface area contributed by atoms with Gasteiger partial charge in [0.05, 0.1) is 22.3 Å². The first-order valence-corrected chi connectivity index (χ1v) is 9.06. The van der Waals surface area contributed by atoms with Gasteiger partial charge in [0.25, 0.3) is 11.7 Å². The van der Waals surface area contributed by atoms with Gasteiger partial charge in [-0.25, -0.2) is 4.39 Å². The fourth-order valence-electron chi connectivity index (χ4n) is 2.41. The molecule has 0 bridgehead atoms. The van der Waals surface area contributed by atoms with Crippen molar-refractivity contribution in [3.8, 4) is 11.1 Å². The quantitative estimate of drug-likeness (QED) is 0.510. The van der Waals surface area contributed by atoms with Gasteiger partial charge >= 0.3 is 0 Å². The van der Waals surface area contributed by atoms with Gasteiger partial charge in [-0.3, -0.25) is 14.6 Å². The van der Waals surface area contributed by atoms with Gasteiger partial charge in [0.2, 0.25) is 0 Å². The van der Waals surface area contributed by atoms with E-state index in [1.165, 1.54) is 29.7 Å². The molecular weight excluding hydrogens is 375 g/mol. The standard InChI is InChI=1S/C19H14ClFN2O2S/c1-11(17-5-3-14(20)9-22-17)23-19(25)18(24)15-4-2-12(8-16(15)21)13-6-7-26-10-13/h2-11H,1H3,(H,23,25). The van der Waals surface area contributed by atoms with Gasteiger partial charge in [-0.2, -0.15) is 11.3 Å². The van der Waals surface area contributed by atoms with Crippen LogP contribution in [-0.2, 0) is 4.79 Å². The van der Waals surface area contributed by atoms with Gasteiger partial charge in [-0.05, 0) is 59.1 Å². The topological polar surface area (TPSA) is 59.1 Å². The van der Waals surface area contributed by atoms with Gasteiger partial charge < -0.3 is 5.32 Å². The van der Waals surface area contributed by atoms with Gasteiger partial charge in [-0.1, -0.05) is 17.7 Å². The van der Waals surface area contributed by atoms with E-state index in [0.717, 1.165) is 5.56 Å². The molecule has 1 amide bonds. The molecule has 0 aliphatic heterocycles. The van der Waals surface area contributed by atoms with Crippen molar-refractivity contribution in [2.24, 2.45) is 0 Å². The van der Waals surface area contributed by atoms with Crippen LogP contribution < -0.4 is 5.32 Å². The molecule has 0 spiro atoms. The minimum Gasteiger partial charge on any atom is -0.341 e. The molecule has 0 aliphatic carbocycles. The smallest absolute Gasteiger partial charge is 0.293 e. The molecule has 3 rings (SSSR count). The van der Waals surface area contributed by atoms with Crippen molar-refractivity contribution < 1.29 is 14.0 Å². The molecule has 3 aromatic rings. The Bertz CT molecular complexity index is 943. The maximum Gasteiger partial charge on any atom is 0.293 e. The van der Waals surface area contributed by atoms with Crippen LogP contribution in [0.15, 0.2) is 53.4 Å². The summed E-state index contributed by atoms with van der Waals surface area (Å²) in [6.45, 7) is 1.68. The summed E-state index contributed by atoms with van der Waals surface area (Å²) in [5, 5.41) is 6.75. The fraction of sp³-hybridized carbons (Fsp3) is 0.105. The summed E-state index contributed by atoms with van der Waals surface area (Å²) in [7, 11) is 0. The van der Waals surface area contributed by atoms with Crippen LogP contribution >= 0.6 is 22.9 Å². The average Bonchev–Trinajstić information content (AvgIpc) is 3.16. The molecule has 0 aliphatic rings. The summed E-state index contributed by atoms with van der Waals surface area (Å²) in [6, 6.07) is 8.83. The number of aromatic nitrogens is 1. The highest BCUT2D eigenvalue weighted by Gasteiger charge is 2.22. The third-order valence-corrected chi connectivity index (χ3v) is 4.72. The lowest BCUT2D eigenvalue weighted by Crippen LogP contribution is -2.34. The third kappa shape index (κ3) is 3.98. The normalized spacial score (nSPS) is 11.8. The Kier molecular flexibility index (Phi) is 5.44. The zero-order chi connectivity index (χ0) is 18.7. The number of benzene rings is 1. The molecule has 132 valence electrons. The number of amides is 1. The summed E-state index contributed by atoms with van der Waals surface area (Å²) in [6.07, 6.45) is 1.45. The van der Waals surface area contributed by atoms with Crippen LogP contribution in [0.2, 0.25) is 5.02 Å². The minimum absolute atomic E-state index is 0.266. The van der Waals surface area contributed by atoms with Crippen molar-refractivity contribution >= 4 is 34.6 Å². The van der Waals surface area contributed by atoms with E-state index in [-0.39, 0.29) is 5.56 Å². The highest BCUT2D eigenvalue weighted by molar-refractivity contribution is 7.08. The molecule has 1 atom stereocenters. The first kappa shape index (κ1) is 18.2. The van der Waals surface area contributed by atoms with Crippen LogP contribution in [0.3, 0.4) is 0 Å². The molecule has 1 unspecified atom stereocenters. The van der Waals surface area contributed by atoms with Crippen LogP contribution in [0.4, 0.5) is 4.39 Å². The van der Waals surface area contributed by atoms with Gasteiger partial charge in [0.1, 0.15) is 5.82 Å². The minimum atomic E-state index is -0.930. The van der Waals surface area contributed by atoms with Gasteiger partial charge in [-0.15, -0.1) is 0 Å². The number of rotatable bonds is 5. The van der Waals surface area contributed by atoms with Crippen molar-refractivity contribution in [1.82, 2.24) is 10.3 Å². The molecule has 0 saturated heterocycles. The first-order valence-electron chi connectivity index (χ1n) is 7.74. The molecule has 7 heteroatoms. The second kappa shape index (κ2) is 7.76. The molecule has 2 aromatic heterocycles. The second-order valence-corrected chi connectivity index (χ2v) is 6.85. The lowest BCUT2D eigenvalue weighted by atomic mass is 10.0. The van der Waals surface area contributed by atoms with Crippen LogP contribution in [0.1, 0.15) is 29.0 Å². The van der Waals surface area contributed by atoms with E-state index in [1.54, 1.807) is 25.1 Å². The van der Waals surface area contributed by atoms with Crippen molar-refractivity contribution in [3.05, 3.63) is 75.5 Å². The summed E-state index contributed by atoms with van der Waals surface area (Å²) < 4.78 is 14.3. The lowest BCUT2D eigenvalue weighted by Gasteiger charge is -2.13. The number of carbonyl (C=O) groups is 2. The summed E-state index contributed by atoms with van der Waals surface area (Å²) >= 11 is 7.27. The number of nitrogens with zero attached hydrogens (tertiary/aromatic N) is 1. The van der Waals surface area contributed by atoms with Crippen molar-refractivity contribution in [2.45, 2.75) is 13.0 Å². The second-order valence-electron chi connectivity index (χ2n) is 5.63. The lowest BCUT2D eigenvalue weighted by molar-refractivity contribution is -0.117. The Labute approximate surface area is 158 Å². The SMILES string of the molecule is CC(NC(=O)C(=O)c1ccc(-c2ccsc2)cc1F)c1ccc(Cl)cn1. The number of hydrogen-bond donors (Lipinski definition) is 1. The van der Waals surface area contributed by atoms with Crippen LogP contribution in [-0.4, -0.2) is 16.7 Å². The van der Waals surface area contributed by atoms with Crippen molar-refractivity contribution in [2.75, 3.05) is 0 Å². The first-order chi connectivity index (χ1) is 12.5.